The Kier molecular flexibility index (Phi) is 4.71. The number of carbonyl (C=O) groups excluding carboxylic acids is 1. The van der Waals surface area contributed by atoms with Crippen LogP contribution in [0.3, 0.4) is 0 Å². The molecule has 3 aliphatic rings. The molecule has 1 amide bonds. The van der Waals surface area contributed by atoms with Crippen molar-refractivity contribution in [3.05, 3.63) is 29.8 Å². The maximum atomic E-state index is 12.5. The fourth-order valence-electron chi connectivity index (χ4n) is 6.25. The average Bonchev–Trinajstić information content (AvgIpc) is 3.12. The summed E-state index contributed by atoms with van der Waals surface area (Å²) in [5, 5.41) is 13.3. The van der Waals surface area contributed by atoms with Crippen LogP contribution < -0.4 is 5.32 Å². The lowest BCUT2D eigenvalue weighted by atomic mass is 9.59. The maximum absolute atomic E-state index is 12.5. The molecule has 1 aliphatic heterocycles. The van der Waals surface area contributed by atoms with Crippen molar-refractivity contribution in [2.75, 3.05) is 20.3 Å². The molecule has 0 radical (unpaired) electrons. The first-order valence-corrected chi connectivity index (χ1v) is 10.1. The molecule has 2 N–H and O–H groups in total. The van der Waals surface area contributed by atoms with E-state index in [9.17, 15) is 9.90 Å². The Morgan fingerprint density at radius 3 is 2.96 bits per heavy atom. The molecule has 2 bridgehead atoms. The van der Waals surface area contributed by atoms with E-state index in [1.807, 2.05) is 18.2 Å². The Balaban J connectivity index is 1.63. The van der Waals surface area contributed by atoms with Crippen molar-refractivity contribution in [2.45, 2.75) is 51.7 Å². The molecule has 4 rings (SSSR count). The van der Waals surface area contributed by atoms with E-state index in [0.717, 1.165) is 24.8 Å². The standard InChI is InChI=1S/C22H31NO4/c1-21(2)15-12-17-19(14-5-4-6-16(24)11-14)27-10-8-22(17,13-15)20(21)23-18(25)7-9-26-3/h4-6,11,15,17,19-20,24H,7-10,12-13H2,1-3H3,(H,23,25)/t15-,17-,19-,20+,22?/m1/s1. The van der Waals surface area contributed by atoms with Crippen LogP contribution in [0.4, 0.5) is 0 Å². The van der Waals surface area contributed by atoms with Crippen LogP contribution >= 0.6 is 0 Å². The molecule has 1 saturated heterocycles. The number of phenols is 1. The summed E-state index contributed by atoms with van der Waals surface area (Å²) in [5.41, 5.74) is 1.21. The van der Waals surface area contributed by atoms with Gasteiger partial charge < -0.3 is 19.9 Å². The van der Waals surface area contributed by atoms with Gasteiger partial charge in [-0.3, -0.25) is 4.79 Å². The van der Waals surface area contributed by atoms with Gasteiger partial charge in [0.2, 0.25) is 5.91 Å². The van der Waals surface area contributed by atoms with Gasteiger partial charge in [0.15, 0.2) is 0 Å². The smallest absolute Gasteiger partial charge is 0.222 e. The van der Waals surface area contributed by atoms with Crippen LogP contribution in [-0.2, 0) is 14.3 Å². The van der Waals surface area contributed by atoms with Crippen LogP contribution in [0.5, 0.6) is 5.75 Å². The van der Waals surface area contributed by atoms with Crippen molar-refractivity contribution in [1.29, 1.82) is 0 Å². The molecule has 1 unspecified atom stereocenters. The van der Waals surface area contributed by atoms with Gasteiger partial charge in [-0.1, -0.05) is 26.0 Å². The average molecular weight is 373 g/mol. The van der Waals surface area contributed by atoms with Crippen molar-refractivity contribution in [1.82, 2.24) is 5.32 Å². The summed E-state index contributed by atoms with van der Waals surface area (Å²) in [7, 11) is 1.63. The largest absolute Gasteiger partial charge is 0.508 e. The third-order valence-corrected chi connectivity index (χ3v) is 7.54. The van der Waals surface area contributed by atoms with E-state index in [-0.39, 0.29) is 34.6 Å². The Morgan fingerprint density at radius 1 is 1.41 bits per heavy atom. The number of amides is 1. The number of hydrogen-bond acceptors (Lipinski definition) is 4. The van der Waals surface area contributed by atoms with Gasteiger partial charge in [-0.25, -0.2) is 0 Å². The van der Waals surface area contributed by atoms with Crippen LogP contribution in [0, 0.1) is 22.7 Å². The summed E-state index contributed by atoms with van der Waals surface area (Å²) in [6.07, 6.45) is 3.66. The van der Waals surface area contributed by atoms with E-state index >= 15 is 0 Å². The summed E-state index contributed by atoms with van der Waals surface area (Å²) in [5.74, 6) is 1.31. The van der Waals surface area contributed by atoms with E-state index < -0.39 is 0 Å². The van der Waals surface area contributed by atoms with Crippen LogP contribution in [0.15, 0.2) is 24.3 Å². The molecule has 3 fully saturated rings. The Morgan fingerprint density at radius 2 is 2.22 bits per heavy atom. The SMILES string of the molecule is COCCC(=O)N[C@H]1C(C)(C)[C@@H]2C[C@@H]3[C@@H](c4cccc(O)c4)OCCC31C2. The van der Waals surface area contributed by atoms with Gasteiger partial charge >= 0.3 is 0 Å². The highest BCUT2D eigenvalue weighted by molar-refractivity contribution is 5.76. The van der Waals surface area contributed by atoms with E-state index in [1.54, 1.807) is 13.2 Å². The highest BCUT2D eigenvalue weighted by Gasteiger charge is 2.68. The molecule has 27 heavy (non-hydrogen) atoms. The van der Waals surface area contributed by atoms with Crippen LogP contribution in [-0.4, -0.2) is 37.4 Å². The molecular formula is C22H31NO4. The lowest BCUT2D eigenvalue weighted by molar-refractivity contribution is -0.137. The van der Waals surface area contributed by atoms with Crippen LogP contribution in [0.25, 0.3) is 0 Å². The quantitative estimate of drug-likeness (QED) is 0.830. The van der Waals surface area contributed by atoms with Crippen LogP contribution in [0.2, 0.25) is 0 Å². The Labute approximate surface area is 161 Å². The van der Waals surface area contributed by atoms with Gasteiger partial charge in [0, 0.05) is 26.2 Å². The summed E-state index contributed by atoms with van der Waals surface area (Å²) >= 11 is 0. The minimum Gasteiger partial charge on any atom is -0.508 e. The number of phenolic OH excluding ortho intramolecular Hbond substituents is 1. The molecule has 1 heterocycles. The summed E-state index contributed by atoms with van der Waals surface area (Å²) in [4.78, 5) is 12.5. The zero-order valence-electron chi connectivity index (χ0n) is 16.5. The lowest BCUT2D eigenvalue weighted by Gasteiger charge is -2.53. The molecule has 2 saturated carbocycles. The van der Waals surface area contributed by atoms with Crippen molar-refractivity contribution in [2.24, 2.45) is 22.7 Å². The van der Waals surface area contributed by atoms with E-state index in [1.165, 1.54) is 0 Å². The topological polar surface area (TPSA) is 67.8 Å². The van der Waals surface area contributed by atoms with Gasteiger partial charge in [0.1, 0.15) is 5.75 Å². The number of carbonyl (C=O) groups is 1. The third-order valence-electron chi connectivity index (χ3n) is 7.54. The minimum atomic E-state index is -0.00896. The molecule has 1 spiro atoms. The first-order valence-electron chi connectivity index (χ1n) is 10.1. The zero-order chi connectivity index (χ0) is 19.2. The fourth-order valence-corrected chi connectivity index (χ4v) is 6.25. The first kappa shape index (κ1) is 18.8. The predicted molar refractivity (Wildman–Crippen MR) is 102 cm³/mol. The second-order valence-electron chi connectivity index (χ2n) is 9.18. The van der Waals surface area contributed by atoms with Gasteiger partial charge in [0.05, 0.1) is 12.7 Å². The normalized spacial score (nSPS) is 36.4. The van der Waals surface area contributed by atoms with Crippen LogP contribution in [0.1, 0.15) is 51.2 Å². The summed E-state index contributed by atoms with van der Waals surface area (Å²) < 4.78 is 11.3. The zero-order valence-corrected chi connectivity index (χ0v) is 16.5. The Hall–Kier alpha value is -1.59. The molecular weight excluding hydrogens is 342 g/mol. The van der Waals surface area contributed by atoms with Crippen molar-refractivity contribution in [3.8, 4) is 5.75 Å². The monoisotopic (exact) mass is 373 g/mol. The fraction of sp³-hybridized carbons (Fsp3) is 0.682. The Bertz CT molecular complexity index is 718. The summed E-state index contributed by atoms with van der Waals surface area (Å²) in [6.45, 7) is 5.77. The molecule has 1 aromatic rings. The molecule has 148 valence electrons. The number of ether oxygens (including phenoxy) is 2. The van der Waals surface area contributed by atoms with E-state index in [2.05, 4.69) is 19.2 Å². The number of nitrogens with one attached hydrogen (secondary N) is 1. The highest BCUT2D eigenvalue weighted by Crippen LogP contribution is 2.70. The third kappa shape index (κ3) is 2.95. The van der Waals surface area contributed by atoms with E-state index in [4.69, 9.17) is 9.47 Å². The number of fused-ring (bicyclic) bond motifs is 1. The van der Waals surface area contributed by atoms with Gasteiger partial charge in [-0.05, 0) is 59.6 Å². The first-order chi connectivity index (χ1) is 12.9. The molecule has 0 aromatic heterocycles. The van der Waals surface area contributed by atoms with Gasteiger partial charge in [-0.2, -0.15) is 0 Å². The maximum Gasteiger partial charge on any atom is 0.222 e. The van der Waals surface area contributed by atoms with Gasteiger partial charge in [-0.15, -0.1) is 0 Å². The number of rotatable bonds is 5. The minimum absolute atomic E-state index is 0.00896. The molecule has 5 nitrogen and oxygen atoms in total. The van der Waals surface area contributed by atoms with Crippen molar-refractivity contribution >= 4 is 5.91 Å². The van der Waals surface area contributed by atoms with E-state index in [0.29, 0.717) is 31.5 Å². The van der Waals surface area contributed by atoms with Crippen molar-refractivity contribution < 1.29 is 19.4 Å². The molecule has 2 aliphatic carbocycles. The summed E-state index contributed by atoms with van der Waals surface area (Å²) in [6, 6.07) is 7.61. The number of hydrogen-bond donors (Lipinski definition) is 2. The molecule has 1 aromatic carbocycles. The van der Waals surface area contributed by atoms with Gasteiger partial charge in [0.25, 0.3) is 0 Å². The number of methoxy groups -OCH3 is 1. The lowest BCUT2D eigenvalue weighted by Crippen LogP contribution is -2.59. The number of benzene rings is 1. The number of aromatic hydroxyl groups is 1. The molecule has 5 atom stereocenters. The second-order valence-corrected chi connectivity index (χ2v) is 9.18. The molecule has 5 heteroatoms. The predicted octanol–water partition coefficient (Wildman–Crippen LogP) is 3.43. The second kappa shape index (κ2) is 6.78. The highest BCUT2D eigenvalue weighted by atomic mass is 16.5. The van der Waals surface area contributed by atoms with Crippen molar-refractivity contribution in [3.63, 3.8) is 0 Å².